The first-order valence-corrected chi connectivity index (χ1v) is 10.8. The van der Waals surface area contributed by atoms with Crippen LogP contribution in [0, 0.1) is 11.8 Å². The minimum atomic E-state index is -0.977. The molecule has 0 saturated heterocycles. The van der Waals surface area contributed by atoms with Gasteiger partial charge in [0.15, 0.2) is 0 Å². The fourth-order valence-electron chi connectivity index (χ4n) is 3.78. The number of amidine groups is 1. The zero-order valence-electron chi connectivity index (χ0n) is 15.0. The van der Waals surface area contributed by atoms with E-state index in [4.69, 9.17) is 4.74 Å². The largest absolute Gasteiger partial charge is 0.493 e. The van der Waals surface area contributed by atoms with E-state index in [-0.39, 0.29) is 0 Å². The number of nitrogens with zero attached hydrogens (tertiary/aromatic N) is 2. The molecule has 4 aliphatic rings. The number of amides is 1. The molecule has 3 aliphatic carbocycles. The van der Waals surface area contributed by atoms with Gasteiger partial charge >= 0.3 is 0 Å². The Hall–Kier alpha value is -1.43. The number of aliphatic imine (C=N–C) groups is 2. The summed E-state index contributed by atoms with van der Waals surface area (Å²) < 4.78 is 20.1. The average Bonchev–Trinajstić information content (AvgIpc) is 2.59. The van der Waals surface area contributed by atoms with E-state index in [1.807, 2.05) is 11.8 Å². The lowest BCUT2D eigenvalue weighted by Crippen LogP contribution is -2.31. The fourth-order valence-corrected chi connectivity index (χ4v) is 4.96. The van der Waals surface area contributed by atoms with Gasteiger partial charge in [-0.25, -0.2) is 9.38 Å². The first-order valence-electron chi connectivity index (χ1n) is 9.72. The monoisotopic (exact) mass is 376 g/mol. The van der Waals surface area contributed by atoms with Crippen LogP contribution in [0.3, 0.4) is 0 Å². The highest BCUT2D eigenvalue weighted by molar-refractivity contribution is 8.00. The Bertz CT molecular complexity index is 688. The second-order valence-electron chi connectivity index (χ2n) is 7.59. The lowest BCUT2D eigenvalue weighted by molar-refractivity contribution is -0.119. The fraction of sp³-hybridized carbons (Fsp3) is 0.650. The molecule has 2 saturated carbocycles. The molecule has 1 heterocycles. The summed E-state index contributed by atoms with van der Waals surface area (Å²) in [6.45, 7) is 0.611. The quantitative estimate of drug-likeness (QED) is 0.680. The van der Waals surface area contributed by atoms with Gasteiger partial charge in [0.1, 0.15) is 23.3 Å². The van der Waals surface area contributed by atoms with Gasteiger partial charge in [-0.3, -0.25) is 4.79 Å². The maximum atomic E-state index is 14.4. The zero-order valence-corrected chi connectivity index (χ0v) is 15.8. The molecule has 1 amide bonds. The number of hydrogen-bond acceptors (Lipinski definition) is 4. The molecule has 1 aliphatic heterocycles. The van der Waals surface area contributed by atoms with Crippen LogP contribution in [0.1, 0.15) is 51.4 Å². The van der Waals surface area contributed by atoms with Crippen LogP contribution in [0.15, 0.2) is 33.7 Å². The third kappa shape index (κ3) is 4.11. The molecule has 26 heavy (non-hydrogen) atoms. The van der Waals surface area contributed by atoms with Crippen molar-refractivity contribution in [1.82, 2.24) is 0 Å². The topological polar surface area (TPSA) is 51.0 Å². The Morgan fingerprint density at radius 2 is 1.88 bits per heavy atom. The van der Waals surface area contributed by atoms with Crippen molar-refractivity contribution in [3.8, 4) is 0 Å². The number of halogens is 1. The van der Waals surface area contributed by atoms with Crippen molar-refractivity contribution in [1.29, 1.82) is 0 Å². The molecule has 0 aromatic heterocycles. The van der Waals surface area contributed by atoms with E-state index >= 15 is 0 Å². The van der Waals surface area contributed by atoms with Gasteiger partial charge in [-0.1, -0.05) is 25.7 Å². The SMILES string of the molecule is O=C1N=C(CSC2CCCCC2)N=C2C=C(OCC3CCC3)C=C(F)C12. The molecule has 4 nitrogen and oxygen atoms in total. The van der Waals surface area contributed by atoms with Gasteiger partial charge < -0.3 is 4.74 Å². The van der Waals surface area contributed by atoms with Gasteiger partial charge in [-0.15, -0.1) is 0 Å². The summed E-state index contributed by atoms with van der Waals surface area (Å²) in [7, 11) is 0. The number of ether oxygens (including phenoxy) is 1. The van der Waals surface area contributed by atoms with Crippen molar-refractivity contribution in [2.24, 2.45) is 21.8 Å². The van der Waals surface area contributed by atoms with Gasteiger partial charge in [-0.05, 0) is 31.6 Å². The second-order valence-corrected chi connectivity index (χ2v) is 8.88. The van der Waals surface area contributed by atoms with E-state index in [9.17, 15) is 9.18 Å². The molecule has 0 aromatic rings. The van der Waals surface area contributed by atoms with Gasteiger partial charge in [0.2, 0.25) is 0 Å². The minimum absolute atomic E-state index is 0.438. The summed E-state index contributed by atoms with van der Waals surface area (Å²) >= 11 is 1.82. The smallest absolute Gasteiger partial charge is 0.263 e. The predicted octanol–water partition coefficient (Wildman–Crippen LogP) is 4.62. The number of carbonyl (C=O) groups is 1. The normalized spacial score (nSPS) is 27.0. The summed E-state index contributed by atoms with van der Waals surface area (Å²) in [4.78, 5) is 20.8. The van der Waals surface area contributed by atoms with E-state index in [0.717, 1.165) is 0 Å². The van der Waals surface area contributed by atoms with Crippen LogP contribution in [0.4, 0.5) is 4.39 Å². The molecule has 0 spiro atoms. The molecular weight excluding hydrogens is 351 g/mol. The van der Waals surface area contributed by atoms with Crippen molar-refractivity contribution in [3.63, 3.8) is 0 Å². The number of allylic oxidation sites excluding steroid dienone is 2. The Balaban J connectivity index is 1.41. The van der Waals surface area contributed by atoms with Crippen LogP contribution in [-0.2, 0) is 9.53 Å². The van der Waals surface area contributed by atoms with Crippen molar-refractivity contribution < 1.29 is 13.9 Å². The number of carbonyl (C=O) groups excluding carboxylic acids is 1. The van der Waals surface area contributed by atoms with Gasteiger partial charge in [0, 0.05) is 17.4 Å². The van der Waals surface area contributed by atoms with E-state index in [0.29, 0.717) is 40.8 Å². The van der Waals surface area contributed by atoms with Crippen molar-refractivity contribution >= 4 is 29.2 Å². The number of rotatable bonds is 6. The minimum Gasteiger partial charge on any atom is -0.493 e. The second kappa shape index (κ2) is 8.07. The Morgan fingerprint density at radius 3 is 2.62 bits per heavy atom. The van der Waals surface area contributed by atoms with Crippen LogP contribution in [0.2, 0.25) is 0 Å². The first kappa shape index (κ1) is 18.0. The molecule has 6 heteroatoms. The Morgan fingerprint density at radius 1 is 1.08 bits per heavy atom. The summed E-state index contributed by atoms with van der Waals surface area (Å²) in [5, 5.41) is 0.624. The maximum absolute atomic E-state index is 14.4. The van der Waals surface area contributed by atoms with E-state index in [1.165, 1.54) is 57.4 Å². The van der Waals surface area contributed by atoms with Gasteiger partial charge in [0.25, 0.3) is 5.91 Å². The van der Waals surface area contributed by atoms with Crippen LogP contribution < -0.4 is 0 Å². The number of thioether (sulfide) groups is 1. The maximum Gasteiger partial charge on any atom is 0.263 e. The third-order valence-corrected chi connectivity index (χ3v) is 6.96. The van der Waals surface area contributed by atoms with Crippen molar-refractivity contribution in [2.45, 2.75) is 56.6 Å². The zero-order chi connectivity index (χ0) is 17.9. The van der Waals surface area contributed by atoms with Crippen LogP contribution >= 0.6 is 11.8 Å². The van der Waals surface area contributed by atoms with E-state index in [2.05, 4.69) is 9.98 Å². The molecule has 0 N–H and O–H groups in total. The molecule has 0 radical (unpaired) electrons. The molecular formula is C20H25FN2O2S. The molecule has 2 fully saturated rings. The van der Waals surface area contributed by atoms with Crippen molar-refractivity contribution in [3.05, 3.63) is 23.7 Å². The van der Waals surface area contributed by atoms with Crippen LogP contribution in [-0.4, -0.2) is 35.1 Å². The molecule has 0 bridgehead atoms. The molecule has 140 valence electrons. The van der Waals surface area contributed by atoms with Crippen LogP contribution in [0.5, 0.6) is 0 Å². The van der Waals surface area contributed by atoms with Gasteiger partial charge in [-0.2, -0.15) is 16.8 Å². The number of hydrogen-bond donors (Lipinski definition) is 0. The predicted molar refractivity (Wildman–Crippen MR) is 103 cm³/mol. The summed E-state index contributed by atoms with van der Waals surface area (Å²) in [6.07, 6.45) is 13.0. The number of fused-ring (bicyclic) bond motifs is 1. The van der Waals surface area contributed by atoms with E-state index in [1.54, 1.807) is 6.08 Å². The van der Waals surface area contributed by atoms with E-state index < -0.39 is 17.7 Å². The highest BCUT2D eigenvalue weighted by Crippen LogP contribution is 2.32. The average molecular weight is 376 g/mol. The summed E-state index contributed by atoms with van der Waals surface area (Å²) in [5.74, 6) is 0.238. The Labute approximate surface area is 158 Å². The molecule has 1 unspecified atom stereocenters. The third-order valence-electron chi connectivity index (χ3n) is 5.60. The van der Waals surface area contributed by atoms with Crippen molar-refractivity contribution in [2.75, 3.05) is 12.4 Å². The highest BCUT2D eigenvalue weighted by atomic mass is 32.2. The summed E-state index contributed by atoms with van der Waals surface area (Å²) in [5.41, 5.74) is 0.438. The molecule has 1 atom stereocenters. The lowest BCUT2D eigenvalue weighted by atomic mass is 9.86. The summed E-state index contributed by atoms with van der Waals surface area (Å²) in [6, 6.07) is 0. The first-order chi connectivity index (χ1) is 12.7. The molecule has 4 rings (SSSR count). The Kier molecular flexibility index (Phi) is 5.57. The standard InChI is InChI=1S/C20H25FN2O2S/c21-16-9-14(25-11-13-5-4-6-13)10-17-19(16)20(24)23-18(22-17)12-26-15-7-2-1-3-8-15/h9-10,13,15,19H,1-8,11-12H2. The highest BCUT2D eigenvalue weighted by Gasteiger charge is 2.35. The lowest BCUT2D eigenvalue weighted by Gasteiger charge is -2.27. The van der Waals surface area contributed by atoms with Crippen LogP contribution in [0.25, 0.3) is 0 Å². The van der Waals surface area contributed by atoms with Gasteiger partial charge in [0.05, 0.1) is 18.1 Å². The molecule has 0 aromatic carbocycles.